The van der Waals surface area contributed by atoms with Gasteiger partial charge in [-0.1, -0.05) is 23.8 Å². The summed E-state index contributed by atoms with van der Waals surface area (Å²) >= 11 is 0. The highest BCUT2D eigenvalue weighted by molar-refractivity contribution is 5.80. The molecule has 0 aliphatic heterocycles. The number of halogens is 1. The van der Waals surface area contributed by atoms with E-state index < -0.39 is 0 Å². The van der Waals surface area contributed by atoms with Gasteiger partial charge in [0.05, 0.1) is 0 Å². The Labute approximate surface area is 105 Å². The van der Waals surface area contributed by atoms with E-state index in [1.807, 2.05) is 6.07 Å². The van der Waals surface area contributed by atoms with Gasteiger partial charge in [0.2, 0.25) is 0 Å². The molecule has 0 bridgehead atoms. The van der Waals surface area contributed by atoms with E-state index >= 15 is 0 Å². The highest BCUT2D eigenvalue weighted by Gasteiger charge is 2.02. The molecule has 1 aromatic heterocycles. The van der Waals surface area contributed by atoms with E-state index in [2.05, 4.69) is 42.0 Å². The Hall–Kier alpha value is -2.09. The molecule has 0 unspecified atom stereocenters. The van der Waals surface area contributed by atoms with Crippen molar-refractivity contribution in [3.8, 4) is 0 Å². The van der Waals surface area contributed by atoms with Crippen molar-refractivity contribution >= 4 is 10.9 Å². The molecule has 3 aromatic rings. The first-order valence-corrected chi connectivity index (χ1v) is 6.02. The maximum atomic E-state index is 13.2. The molecule has 0 radical (unpaired) electrons. The smallest absolute Gasteiger partial charge is 0.123 e. The van der Waals surface area contributed by atoms with Crippen molar-refractivity contribution in [3.63, 3.8) is 0 Å². The Morgan fingerprint density at radius 3 is 2.78 bits per heavy atom. The van der Waals surface area contributed by atoms with E-state index in [0.29, 0.717) is 6.54 Å². The van der Waals surface area contributed by atoms with Crippen LogP contribution in [0.4, 0.5) is 4.39 Å². The average molecular weight is 239 g/mol. The zero-order valence-corrected chi connectivity index (χ0v) is 10.2. The molecule has 90 valence electrons. The van der Waals surface area contributed by atoms with Crippen molar-refractivity contribution in [1.29, 1.82) is 0 Å². The molecule has 0 saturated heterocycles. The highest BCUT2D eigenvalue weighted by atomic mass is 19.1. The van der Waals surface area contributed by atoms with E-state index in [9.17, 15) is 4.39 Å². The maximum Gasteiger partial charge on any atom is 0.123 e. The zero-order valence-electron chi connectivity index (χ0n) is 10.2. The van der Waals surface area contributed by atoms with Gasteiger partial charge >= 0.3 is 0 Å². The summed E-state index contributed by atoms with van der Waals surface area (Å²) in [4.78, 5) is 0. The van der Waals surface area contributed by atoms with Crippen LogP contribution in [0.2, 0.25) is 0 Å². The van der Waals surface area contributed by atoms with Gasteiger partial charge in [0, 0.05) is 18.3 Å². The number of aromatic nitrogens is 1. The fourth-order valence-corrected chi connectivity index (χ4v) is 2.29. The molecule has 2 heteroatoms. The van der Waals surface area contributed by atoms with E-state index in [1.54, 1.807) is 12.1 Å². The second-order valence-corrected chi connectivity index (χ2v) is 4.64. The molecule has 0 aliphatic carbocycles. The second kappa shape index (κ2) is 4.30. The number of aryl methyl sites for hydroxylation is 1. The summed E-state index contributed by atoms with van der Waals surface area (Å²) in [5.74, 6) is -0.181. The Kier molecular flexibility index (Phi) is 2.63. The quantitative estimate of drug-likeness (QED) is 0.633. The van der Waals surface area contributed by atoms with Gasteiger partial charge in [-0.3, -0.25) is 0 Å². The monoisotopic (exact) mass is 239 g/mol. The largest absolute Gasteiger partial charge is 0.343 e. The third kappa shape index (κ3) is 2.02. The molecule has 1 heterocycles. The summed E-state index contributed by atoms with van der Waals surface area (Å²) in [5.41, 5.74) is 3.42. The predicted molar refractivity (Wildman–Crippen MR) is 72.2 cm³/mol. The highest BCUT2D eigenvalue weighted by Crippen LogP contribution is 2.18. The zero-order chi connectivity index (χ0) is 12.5. The Bertz CT molecular complexity index is 697. The van der Waals surface area contributed by atoms with Crippen molar-refractivity contribution in [3.05, 3.63) is 71.7 Å². The minimum absolute atomic E-state index is 0.181. The lowest BCUT2D eigenvalue weighted by Gasteiger charge is -2.06. The number of fused-ring (bicyclic) bond motifs is 1. The third-order valence-electron chi connectivity index (χ3n) is 3.17. The predicted octanol–water partition coefficient (Wildman–Crippen LogP) is 4.14. The van der Waals surface area contributed by atoms with Crippen LogP contribution >= 0.6 is 0 Å². The van der Waals surface area contributed by atoms with Crippen LogP contribution < -0.4 is 0 Å². The number of hydrogen-bond acceptors (Lipinski definition) is 0. The molecule has 2 aromatic carbocycles. The van der Waals surface area contributed by atoms with Gasteiger partial charge in [-0.05, 0) is 48.2 Å². The maximum absolute atomic E-state index is 13.2. The van der Waals surface area contributed by atoms with Crippen molar-refractivity contribution in [2.45, 2.75) is 13.5 Å². The number of hydrogen-bond donors (Lipinski definition) is 0. The van der Waals surface area contributed by atoms with E-state index in [4.69, 9.17) is 0 Å². The number of rotatable bonds is 2. The summed E-state index contributed by atoms with van der Waals surface area (Å²) in [7, 11) is 0. The van der Waals surface area contributed by atoms with Gasteiger partial charge in [0.1, 0.15) is 5.82 Å². The Balaban J connectivity index is 2.00. The fraction of sp³-hybridized carbons (Fsp3) is 0.125. The lowest BCUT2D eigenvalue weighted by molar-refractivity contribution is 0.624. The molecule has 3 rings (SSSR count). The van der Waals surface area contributed by atoms with Crippen LogP contribution in [0.15, 0.2) is 54.7 Å². The van der Waals surface area contributed by atoms with Crippen LogP contribution in [0.25, 0.3) is 10.9 Å². The number of nitrogens with zero attached hydrogens (tertiary/aromatic N) is 1. The van der Waals surface area contributed by atoms with Crippen LogP contribution in [0, 0.1) is 12.7 Å². The Morgan fingerprint density at radius 1 is 1.06 bits per heavy atom. The molecule has 0 aliphatic rings. The van der Waals surface area contributed by atoms with Crippen molar-refractivity contribution in [1.82, 2.24) is 4.57 Å². The van der Waals surface area contributed by atoms with Crippen LogP contribution in [-0.4, -0.2) is 4.57 Å². The fourth-order valence-electron chi connectivity index (χ4n) is 2.29. The van der Waals surface area contributed by atoms with Gasteiger partial charge in [-0.25, -0.2) is 4.39 Å². The first-order chi connectivity index (χ1) is 8.72. The van der Waals surface area contributed by atoms with Crippen LogP contribution in [0.1, 0.15) is 11.1 Å². The molecule has 0 saturated carbocycles. The van der Waals surface area contributed by atoms with Gasteiger partial charge in [0.25, 0.3) is 0 Å². The summed E-state index contributed by atoms with van der Waals surface area (Å²) in [6.45, 7) is 2.79. The molecule has 0 fully saturated rings. The van der Waals surface area contributed by atoms with Crippen molar-refractivity contribution in [2.75, 3.05) is 0 Å². The summed E-state index contributed by atoms with van der Waals surface area (Å²) in [6, 6.07) is 15.2. The normalized spacial score (nSPS) is 11.0. The first-order valence-electron chi connectivity index (χ1n) is 6.02. The van der Waals surface area contributed by atoms with Crippen molar-refractivity contribution < 1.29 is 4.39 Å². The summed E-state index contributed by atoms with van der Waals surface area (Å²) in [5, 5.41) is 1.23. The standard InChI is InChI=1S/C16H14FN/c1-12-5-6-16-14(9-12)7-8-18(16)11-13-3-2-4-15(17)10-13/h2-10H,11H2,1H3. The molecule has 18 heavy (non-hydrogen) atoms. The Morgan fingerprint density at radius 2 is 1.94 bits per heavy atom. The van der Waals surface area contributed by atoms with Crippen LogP contribution in [-0.2, 0) is 6.54 Å². The van der Waals surface area contributed by atoms with E-state index in [1.165, 1.54) is 22.5 Å². The minimum atomic E-state index is -0.181. The number of benzene rings is 2. The molecular formula is C16H14FN. The summed E-state index contributed by atoms with van der Waals surface area (Å²) in [6.07, 6.45) is 2.05. The minimum Gasteiger partial charge on any atom is -0.343 e. The molecular weight excluding hydrogens is 225 g/mol. The average Bonchev–Trinajstić information content (AvgIpc) is 2.72. The molecule has 1 nitrogen and oxygen atoms in total. The second-order valence-electron chi connectivity index (χ2n) is 4.64. The van der Waals surface area contributed by atoms with Gasteiger partial charge in [-0.15, -0.1) is 0 Å². The topological polar surface area (TPSA) is 4.93 Å². The third-order valence-corrected chi connectivity index (χ3v) is 3.17. The summed E-state index contributed by atoms with van der Waals surface area (Å²) < 4.78 is 15.3. The van der Waals surface area contributed by atoms with Gasteiger partial charge in [-0.2, -0.15) is 0 Å². The van der Waals surface area contributed by atoms with Gasteiger partial charge in [0.15, 0.2) is 0 Å². The lowest BCUT2D eigenvalue weighted by Crippen LogP contribution is -1.98. The molecule has 0 amide bonds. The van der Waals surface area contributed by atoms with Gasteiger partial charge < -0.3 is 4.57 Å². The molecule has 0 N–H and O–H groups in total. The lowest BCUT2D eigenvalue weighted by atomic mass is 10.2. The van der Waals surface area contributed by atoms with Crippen LogP contribution in [0.3, 0.4) is 0 Å². The SMILES string of the molecule is Cc1ccc2c(ccn2Cc2cccc(F)c2)c1. The van der Waals surface area contributed by atoms with Crippen molar-refractivity contribution in [2.24, 2.45) is 0 Å². The van der Waals surface area contributed by atoms with E-state index in [0.717, 1.165) is 5.56 Å². The first kappa shape index (κ1) is 11.0. The van der Waals surface area contributed by atoms with E-state index in [-0.39, 0.29) is 5.82 Å². The molecule has 0 spiro atoms. The molecule has 0 atom stereocenters. The van der Waals surface area contributed by atoms with Crippen LogP contribution in [0.5, 0.6) is 0 Å².